The molecule has 1 aliphatic rings. The molecule has 1 amide bonds. The van der Waals surface area contributed by atoms with Crippen LogP contribution in [0.25, 0.3) is 11.1 Å². The molecule has 3 aromatic rings. The number of nitrogens with one attached hydrogen (secondary N) is 1. The minimum atomic E-state index is -1.09. The normalized spacial score (nSPS) is 13.2. The van der Waals surface area contributed by atoms with Gasteiger partial charge < -0.3 is 15.2 Å². The van der Waals surface area contributed by atoms with Crippen LogP contribution in [0, 0.1) is 0 Å². The van der Waals surface area contributed by atoms with Gasteiger partial charge in [0, 0.05) is 10.9 Å². The van der Waals surface area contributed by atoms with Crippen molar-refractivity contribution in [3.8, 4) is 11.1 Å². The molecule has 0 spiro atoms. The summed E-state index contributed by atoms with van der Waals surface area (Å²) in [6.07, 6.45) is 0.0178. The Bertz CT molecular complexity index is 1050. The van der Waals surface area contributed by atoms with Crippen LogP contribution in [0.3, 0.4) is 0 Å². The van der Waals surface area contributed by atoms with E-state index in [0.29, 0.717) is 11.4 Å². The fourth-order valence-corrected chi connectivity index (χ4v) is 4.13. The molecule has 0 fully saturated rings. The van der Waals surface area contributed by atoms with Crippen LogP contribution >= 0.6 is 11.6 Å². The molecule has 2 N–H and O–H groups in total. The van der Waals surface area contributed by atoms with Gasteiger partial charge in [-0.2, -0.15) is 0 Å². The highest BCUT2D eigenvalue weighted by molar-refractivity contribution is 6.30. The van der Waals surface area contributed by atoms with Crippen molar-refractivity contribution in [1.82, 2.24) is 5.32 Å². The van der Waals surface area contributed by atoms with Gasteiger partial charge in [-0.25, -0.2) is 9.59 Å². The van der Waals surface area contributed by atoms with E-state index in [1.54, 1.807) is 12.1 Å². The van der Waals surface area contributed by atoms with Gasteiger partial charge in [0.15, 0.2) is 0 Å². The summed E-state index contributed by atoms with van der Waals surface area (Å²) in [5.74, 6) is -1.17. The van der Waals surface area contributed by atoms with E-state index < -0.39 is 18.1 Å². The number of aliphatic carboxylic acids is 1. The van der Waals surface area contributed by atoms with Gasteiger partial charge in [-0.3, -0.25) is 0 Å². The Balaban J connectivity index is 1.38. The second kappa shape index (κ2) is 9.23. The minimum absolute atomic E-state index is 0.0736. The molecule has 6 heteroatoms. The molecule has 0 saturated carbocycles. The van der Waals surface area contributed by atoms with Crippen LogP contribution in [0.15, 0.2) is 72.8 Å². The van der Waals surface area contributed by atoms with E-state index in [1.807, 2.05) is 48.5 Å². The third kappa shape index (κ3) is 4.72. The Morgan fingerprint density at radius 3 is 2.10 bits per heavy atom. The maximum Gasteiger partial charge on any atom is 0.407 e. The molecular weight excluding hydrogens is 414 g/mol. The summed E-state index contributed by atoms with van der Waals surface area (Å²) in [7, 11) is 0. The number of carbonyl (C=O) groups is 2. The van der Waals surface area contributed by atoms with Crippen LogP contribution in [0.4, 0.5) is 4.79 Å². The molecule has 0 aliphatic heterocycles. The van der Waals surface area contributed by atoms with Crippen LogP contribution in [0.2, 0.25) is 5.02 Å². The average molecular weight is 436 g/mol. The van der Waals surface area contributed by atoms with E-state index in [-0.39, 0.29) is 18.9 Å². The molecule has 1 aliphatic carbocycles. The fraction of sp³-hybridized carbons (Fsp3) is 0.200. The van der Waals surface area contributed by atoms with Crippen LogP contribution in [-0.2, 0) is 16.0 Å². The number of hydrogen-bond acceptors (Lipinski definition) is 3. The molecule has 0 aromatic heterocycles. The van der Waals surface area contributed by atoms with Crippen LogP contribution in [-0.4, -0.2) is 29.8 Å². The number of carbonyl (C=O) groups excluding carboxylic acids is 1. The molecule has 0 saturated heterocycles. The number of aryl methyl sites for hydroxylation is 1. The van der Waals surface area contributed by atoms with Gasteiger partial charge in [0.05, 0.1) is 0 Å². The third-order valence-electron chi connectivity index (χ3n) is 5.57. The van der Waals surface area contributed by atoms with E-state index in [9.17, 15) is 14.7 Å². The highest BCUT2D eigenvalue weighted by atomic mass is 35.5. The Morgan fingerprint density at radius 2 is 1.52 bits per heavy atom. The summed E-state index contributed by atoms with van der Waals surface area (Å²) in [6.45, 7) is 0.142. The Kier molecular flexibility index (Phi) is 6.23. The standard InChI is InChI=1S/C25H22ClNO4/c26-17-12-9-16(10-13-17)11-14-23(24(28)29)27-25(30)31-15-22-20-7-3-1-5-18(20)19-6-2-4-8-21(19)22/h1-10,12-13,22-23H,11,14-15H2,(H,27,30)(H,28,29). The largest absolute Gasteiger partial charge is 0.480 e. The maximum absolute atomic E-state index is 12.4. The second-order valence-electron chi connectivity index (χ2n) is 7.53. The lowest BCUT2D eigenvalue weighted by atomic mass is 9.98. The van der Waals surface area contributed by atoms with E-state index in [2.05, 4.69) is 17.4 Å². The summed E-state index contributed by atoms with van der Waals surface area (Å²) in [5, 5.41) is 12.6. The first-order chi connectivity index (χ1) is 15.0. The van der Waals surface area contributed by atoms with Gasteiger partial charge in [-0.05, 0) is 52.8 Å². The van der Waals surface area contributed by atoms with Crippen molar-refractivity contribution in [3.05, 3.63) is 94.5 Å². The number of rotatable bonds is 7. The zero-order chi connectivity index (χ0) is 21.8. The summed E-state index contributed by atoms with van der Waals surface area (Å²) in [5.41, 5.74) is 5.44. The van der Waals surface area contributed by atoms with Crippen molar-refractivity contribution in [2.75, 3.05) is 6.61 Å². The van der Waals surface area contributed by atoms with Gasteiger partial charge >= 0.3 is 12.1 Å². The second-order valence-corrected chi connectivity index (χ2v) is 7.96. The summed E-state index contributed by atoms with van der Waals surface area (Å²) in [4.78, 5) is 24.0. The lowest BCUT2D eigenvalue weighted by molar-refractivity contribution is -0.139. The number of carboxylic acid groups (broad SMARTS) is 1. The molecule has 1 atom stereocenters. The fourth-order valence-electron chi connectivity index (χ4n) is 4.00. The first kappa shape index (κ1) is 20.9. The Hall–Kier alpha value is -3.31. The van der Waals surface area contributed by atoms with Crippen molar-refractivity contribution in [3.63, 3.8) is 0 Å². The first-order valence-corrected chi connectivity index (χ1v) is 10.5. The molecular formula is C25H22ClNO4. The summed E-state index contributed by atoms with van der Waals surface area (Å²) < 4.78 is 5.46. The number of carboxylic acids is 1. The summed E-state index contributed by atoms with van der Waals surface area (Å²) in [6, 6.07) is 22.3. The van der Waals surface area contributed by atoms with Gasteiger partial charge in [-0.1, -0.05) is 72.3 Å². The predicted molar refractivity (Wildman–Crippen MR) is 119 cm³/mol. The molecule has 31 heavy (non-hydrogen) atoms. The Morgan fingerprint density at radius 1 is 0.935 bits per heavy atom. The number of hydrogen-bond donors (Lipinski definition) is 2. The first-order valence-electron chi connectivity index (χ1n) is 10.1. The van der Waals surface area contributed by atoms with Crippen LogP contribution in [0.5, 0.6) is 0 Å². The average Bonchev–Trinajstić information content (AvgIpc) is 3.10. The molecule has 3 aromatic carbocycles. The number of ether oxygens (including phenoxy) is 1. The Labute approximate surface area is 185 Å². The van der Waals surface area contributed by atoms with Gasteiger partial charge in [0.2, 0.25) is 0 Å². The molecule has 5 nitrogen and oxygen atoms in total. The van der Waals surface area contributed by atoms with Crippen LogP contribution < -0.4 is 5.32 Å². The maximum atomic E-state index is 12.4. The third-order valence-corrected chi connectivity index (χ3v) is 5.82. The molecule has 158 valence electrons. The van der Waals surface area contributed by atoms with Gasteiger partial charge in [-0.15, -0.1) is 0 Å². The van der Waals surface area contributed by atoms with Gasteiger partial charge in [0.25, 0.3) is 0 Å². The van der Waals surface area contributed by atoms with Crippen molar-refractivity contribution in [2.24, 2.45) is 0 Å². The van der Waals surface area contributed by atoms with Crippen molar-refractivity contribution in [2.45, 2.75) is 24.8 Å². The van der Waals surface area contributed by atoms with Crippen molar-refractivity contribution < 1.29 is 19.4 Å². The lowest BCUT2D eigenvalue weighted by Gasteiger charge is -2.17. The number of benzene rings is 3. The quantitative estimate of drug-likeness (QED) is 0.530. The number of fused-ring (bicyclic) bond motifs is 3. The lowest BCUT2D eigenvalue weighted by Crippen LogP contribution is -2.41. The summed E-state index contributed by atoms with van der Waals surface area (Å²) >= 11 is 5.88. The molecule has 0 radical (unpaired) electrons. The van der Waals surface area contributed by atoms with E-state index in [4.69, 9.17) is 16.3 Å². The van der Waals surface area contributed by atoms with Gasteiger partial charge in [0.1, 0.15) is 12.6 Å². The molecule has 4 rings (SSSR count). The van der Waals surface area contributed by atoms with E-state index in [1.165, 1.54) is 0 Å². The van der Waals surface area contributed by atoms with E-state index >= 15 is 0 Å². The van der Waals surface area contributed by atoms with Crippen molar-refractivity contribution >= 4 is 23.7 Å². The minimum Gasteiger partial charge on any atom is -0.480 e. The van der Waals surface area contributed by atoms with Crippen LogP contribution in [0.1, 0.15) is 29.0 Å². The zero-order valence-electron chi connectivity index (χ0n) is 16.8. The van der Waals surface area contributed by atoms with Crippen molar-refractivity contribution in [1.29, 1.82) is 0 Å². The SMILES string of the molecule is O=C(NC(CCc1ccc(Cl)cc1)C(=O)O)OCC1c2ccccc2-c2ccccc21. The molecule has 1 unspecified atom stereocenters. The number of amides is 1. The molecule has 0 heterocycles. The topological polar surface area (TPSA) is 75.6 Å². The number of alkyl carbamates (subject to hydrolysis) is 1. The highest BCUT2D eigenvalue weighted by Crippen LogP contribution is 2.44. The molecule has 0 bridgehead atoms. The highest BCUT2D eigenvalue weighted by Gasteiger charge is 2.29. The monoisotopic (exact) mass is 435 g/mol. The smallest absolute Gasteiger partial charge is 0.407 e. The number of halogens is 1. The predicted octanol–water partition coefficient (Wildman–Crippen LogP) is 5.26. The van der Waals surface area contributed by atoms with E-state index in [0.717, 1.165) is 27.8 Å². The zero-order valence-corrected chi connectivity index (χ0v) is 17.5.